The molecule has 0 aromatic carbocycles. The summed E-state index contributed by atoms with van der Waals surface area (Å²) in [5, 5.41) is 6.58. The molecule has 0 bridgehead atoms. The number of hydrogen-bond donors (Lipinski definition) is 2. The van der Waals surface area contributed by atoms with Crippen molar-refractivity contribution < 1.29 is 14.3 Å². The van der Waals surface area contributed by atoms with E-state index in [0.29, 0.717) is 26.2 Å². The van der Waals surface area contributed by atoms with E-state index < -0.39 is 0 Å². The maximum absolute atomic E-state index is 11.9. The van der Waals surface area contributed by atoms with Crippen molar-refractivity contribution in [3.8, 4) is 0 Å². The summed E-state index contributed by atoms with van der Waals surface area (Å²) in [6, 6.07) is 0. The van der Waals surface area contributed by atoms with E-state index in [-0.39, 0.29) is 5.91 Å². The highest BCUT2D eigenvalue weighted by molar-refractivity contribution is 5.76. The Morgan fingerprint density at radius 3 is 2.09 bits per heavy atom. The summed E-state index contributed by atoms with van der Waals surface area (Å²) in [7, 11) is 0. The Labute approximate surface area is 133 Å². The highest BCUT2D eigenvalue weighted by atomic mass is 16.5. The second kappa shape index (κ2) is 10.9. The SMILES string of the molecule is O=C(CCOCCOCCN1CCNCC1)N1CCNCC1. The van der Waals surface area contributed by atoms with Gasteiger partial charge in [0.2, 0.25) is 5.91 Å². The molecule has 22 heavy (non-hydrogen) atoms. The van der Waals surface area contributed by atoms with E-state index in [1.54, 1.807) is 0 Å². The zero-order valence-electron chi connectivity index (χ0n) is 13.5. The molecule has 0 atom stereocenters. The second-order valence-corrected chi connectivity index (χ2v) is 5.70. The average Bonchev–Trinajstić information content (AvgIpc) is 2.59. The normalized spacial score (nSPS) is 20.3. The van der Waals surface area contributed by atoms with E-state index in [9.17, 15) is 4.79 Å². The van der Waals surface area contributed by atoms with Gasteiger partial charge in [0.15, 0.2) is 0 Å². The van der Waals surface area contributed by atoms with Crippen LogP contribution in [-0.2, 0) is 14.3 Å². The average molecular weight is 314 g/mol. The molecule has 0 aromatic rings. The lowest BCUT2D eigenvalue weighted by Gasteiger charge is -2.27. The van der Waals surface area contributed by atoms with E-state index in [2.05, 4.69) is 15.5 Å². The van der Waals surface area contributed by atoms with Crippen LogP contribution in [0.3, 0.4) is 0 Å². The van der Waals surface area contributed by atoms with Crippen LogP contribution in [0.25, 0.3) is 0 Å². The molecule has 0 spiro atoms. The minimum atomic E-state index is 0.195. The van der Waals surface area contributed by atoms with E-state index in [1.807, 2.05) is 4.90 Å². The highest BCUT2D eigenvalue weighted by Crippen LogP contribution is 1.97. The molecule has 128 valence electrons. The summed E-state index contributed by atoms with van der Waals surface area (Å²) >= 11 is 0. The lowest BCUT2D eigenvalue weighted by Crippen LogP contribution is -2.46. The van der Waals surface area contributed by atoms with Crippen LogP contribution in [0.1, 0.15) is 6.42 Å². The number of rotatable bonds is 9. The molecule has 0 radical (unpaired) electrons. The third-order valence-electron chi connectivity index (χ3n) is 4.06. The van der Waals surface area contributed by atoms with Crippen molar-refractivity contribution in [2.45, 2.75) is 6.42 Å². The van der Waals surface area contributed by atoms with Crippen LogP contribution in [0.2, 0.25) is 0 Å². The first-order valence-electron chi connectivity index (χ1n) is 8.43. The van der Waals surface area contributed by atoms with Gasteiger partial charge in [-0.3, -0.25) is 9.69 Å². The number of nitrogens with zero attached hydrogens (tertiary/aromatic N) is 2. The molecule has 0 unspecified atom stereocenters. The zero-order chi connectivity index (χ0) is 15.5. The molecule has 0 saturated carbocycles. The summed E-state index contributed by atoms with van der Waals surface area (Å²) in [6.07, 6.45) is 0.473. The largest absolute Gasteiger partial charge is 0.379 e. The van der Waals surface area contributed by atoms with Crippen molar-refractivity contribution in [2.75, 3.05) is 85.3 Å². The molecule has 7 heteroatoms. The van der Waals surface area contributed by atoms with E-state index in [4.69, 9.17) is 9.47 Å². The minimum absolute atomic E-state index is 0.195. The van der Waals surface area contributed by atoms with Gasteiger partial charge in [0.05, 0.1) is 32.8 Å². The summed E-state index contributed by atoms with van der Waals surface area (Å²) in [5.74, 6) is 0.195. The Morgan fingerprint density at radius 1 is 0.818 bits per heavy atom. The number of carbonyl (C=O) groups excluding carboxylic acids is 1. The smallest absolute Gasteiger partial charge is 0.224 e. The summed E-state index contributed by atoms with van der Waals surface area (Å²) < 4.78 is 11.0. The van der Waals surface area contributed by atoms with Crippen molar-refractivity contribution in [3.05, 3.63) is 0 Å². The maximum atomic E-state index is 11.9. The monoisotopic (exact) mass is 314 g/mol. The van der Waals surface area contributed by atoms with Crippen molar-refractivity contribution >= 4 is 5.91 Å². The van der Waals surface area contributed by atoms with Gasteiger partial charge in [0.25, 0.3) is 0 Å². The third-order valence-corrected chi connectivity index (χ3v) is 4.06. The standard InChI is InChI=1S/C15H30N4O3/c20-15(19-8-4-17-5-9-19)1-11-21-13-14-22-12-10-18-6-2-16-3-7-18/h16-17H,1-14H2. The van der Waals surface area contributed by atoms with Crippen molar-refractivity contribution in [3.63, 3.8) is 0 Å². The molecule has 7 nitrogen and oxygen atoms in total. The fourth-order valence-corrected chi connectivity index (χ4v) is 2.68. The third kappa shape index (κ3) is 7.02. The number of ether oxygens (including phenoxy) is 2. The fraction of sp³-hybridized carbons (Fsp3) is 0.933. The van der Waals surface area contributed by atoms with Crippen LogP contribution >= 0.6 is 0 Å². The van der Waals surface area contributed by atoms with Gasteiger partial charge >= 0.3 is 0 Å². The molecule has 2 aliphatic rings. The number of nitrogens with one attached hydrogen (secondary N) is 2. The Balaban J connectivity index is 1.37. The van der Waals surface area contributed by atoms with Crippen LogP contribution in [0.15, 0.2) is 0 Å². The topological polar surface area (TPSA) is 66.1 Å². The van der Waals surface area contributed by atoms with Gasteiger partial charge in [-0.2, -0.15) is 0 Å². The van der Waals surface area contributed by atoms with Gasteiger partial charge in [0.1, 0.15) is 0 Å². The molecule has 2 saturated heterocycles. The highest BCUT2D eigenvalue weighted by Gasteiger charge is 2.15. The lowest BCUT2D eigenvalue weighted by atomic mass is 10.3. The first kappa shape index (κ1) is 17.6. The Bertz CT molecular complexity index is 305. The van der Waals surface area contributed by atoms with Crippen molar-refractivity contribution in [2.24, 2.45) is 0 Å². The predicted molar refractivity (Wildman–Crippen MR) is 85.0 cm³/mol. The van der Waals surface area contributed by atoms with Crippen LogP contribution < -0.4 is 10.6 Å². The van der Waals surface area contributed by atoms with E-state index in [1.165, 1.54) is 0 Å². The quantitative estimate of drug-likeness (QED) is 0.518. The van der Waals surface area contributed by atoms with Crippen molar-refractivity contribution in [1.29, 1.82) is 0 Å². The molecule has 0 aliphatic carbocycles. The summed E-state index contributed by atoms with van der Waals surface area (Å²) in [6.45, 7) is 11.2. The van der Waals surface area contributed by atoms with Gasteiger partial charge in [-0.25, -0.2) is 0 Å². The van der Waals surface area contributed by atoms with Crippen LogP contribution in [0.5, 0.6) is 0 Å². The molecule has 2 N–H and O–H groups in total. The first-order chi connectivity index (χ1) is 10.9. The number of amides is 1. The minimum Gasteiger partial charge on any atom is -0.379 e. The fourth-order valence-electron chi connectivity index (χ4n) is 2.68. The summed E-state index contributed by atoms with van der Waals surface area (Å²) in [4.78, 5) is 16.2. The number of hydrogen-bond acceptors (Lipinski definition) is 6. The molecular weight excluding hydrogens is 284 g/mol. The zero-order valence-corrected chi connectivity index (χ0v) is 13.5. The van der Waals surface area contributed by atoms with Crippen LogP contribution in [-0.4, -0.2) is 101 Å². The number of piperazine rings is 2. The summed E-state index contributed by atoms with van der Waals surface area (Å²) in [5.41, 5.74) is 0. The molecular formula is C15H30N4O3. The molecule has 0 aromatic heterocycles. The van der Waals surface area contributed by atoms with Gasteiger partial charge in [-0.05, 0) is 0 Å². The van der Waals surface area contributed by atoms with Gasteiger partial charge in [0, 0.05) is 58.9 Å². The number of carbonyl (C=O) groups is 1. The van der Waals surface area contributed by atoms with E-state index in [0.717, 1.165) is 65.5 Å². The molecule has 2 rings (SSSR count). The Morgan fingerprint density at radius 2 is 1.41 bits per heavy atom. The van der Waals surface area contributed by atoms with Gasteiger partial charge in [-0.1, -0.05) is 0 Å². The van der Waals surface area contributed by atoms with Crippen LogP contribution in [0, 0.1) is 0 Å². The predicted octanol–water partition coefficient (Wildman–Crippen LogP) is -1.25. The second-order valence-electron chi connectivity index (χ2n) is 5.70. The first-order valence-corrected chi connectivity index (χ1v) is 8.43. The van der Waals surface area contributed by atoms with E-state index >= 15 is 0 Å². The maximum Gasteiger partial charge on any atom is 0.224 e. The lowest BCUT2D eigenvalue weighted by molar-refractivity contribution is -0.133. The Hall–Kier alpha value is -0.730. The molecule has 2 fully saturated rings. The molecule has 1 amide bonds. The molecule has 2 aliphatic heterocycles. The Kier molecular flexibility index (Phi) is 8.74. The van der Waals surface area contributed by atoms with Crippen LogP contribution in [0.4, 0.5) is 0 Å². The van der Waals surface area contributed by atoms with Gasteiger partial charge < -0.3 is 25.0 Å². The van der Waals surface area contributed by atoms with Gasteiger partial charge in [-0.15, -0.1) is 0 Å². The van der Waals surface area contributed by atoms with Crippen molar-refractivity contribution in [1.82, 2.24) is 20.4 Å². The molecule has 2 heterocycles.